The standard InChI is InChI=1S/C11H8N4O2/c12-4-7-3-8(5-14-11(7)17)9-1-2-13-10(6-16)15-9/h1-3,5,16H,6H2,(H,14,17). The summed E-state index contributed by atoms with van der Waals surface area (Å²) in [6, 6.07) is 4.88. The number of pyridine rings is 1. The lowest BCUT2D eigenvalue weighted by Gasteiger charge is -2.01. The normalized spacial score (nSPS) is 9.88. The highest BCUT2D eigenvalue weighted by Crippen LogP contribution is 2.14. The van der Waals surface area contributed by atoms with Crippen molar-refractivity contribution in [1.29, 1.82) is 5.26 Å². The zero-order valence-corrected chi connectivity index (χ0v) is 8.71. The van der Waals surface area contributed by atoms with Crippen molar-refractivity contribution in [3.8, 4) is 17.3 Å². The molecule has 2 N–H and O–H groups in total. The maximum atomic E-state index is 11.2. The van der Waals surface area contributed by atoms with Gasteiger partial charge in [0.25, 0.3) is 5.56 Å². The van der Waals surface area contributed by atoms with Gasteiger partial charge in [-0.05, 0) is 12.1 Å². The Morgan fingerprint density at radius 2 is 2.35 bits per heavy atom. The van der Waals surface area contributed by atoms with E-state index in [0.29, 0.717) is 11.3 Å². The molecule has 0 saturated carbocycles. The highest BCUT2D eigenvalue weighted by molar-refractivity contribution is 5.59. The van der Waals surface area contributed by atoms with Crippen LogP contribution in [0.2, 0.25) is 0 Å². The number of hydrogen-bond donors (Lipinski definition) is 2. The molecule has 0 amide bonds. The zero-order valence-electron chi connectivity index (χ0n) is 8.71. The van der Waals surface area contributed by atoms with Gasteiger partial charge in [-0.15, -0.1) is 0 Å². The van der Waals surface area contributed by atoms with Crippen LogP contribution in [0, 0.1) is 11.3 Å². The topological polar surface area (TPSA) is 103 Å². The van der Waals surface area contributed by atoms with Crippen LogP contribution in [0.1, 0.15) is 11.4 Å². The number of nitrogens with zero attached hydrogens (tertiary/aromatic N) is 3. The number of aliphatic hydroxyl groups is 1. The van der Waals surface area contributed by atoms with Crippen LogP contribution in [0.3, 0.4) is 0 Å². The minimum atomic E-state index is -0.437. The van der Waals surface area contributed by atoms with Gasteiger partial charge in [-0.1, -0.05) is 0 Å². The van der Waals surface area contributed by atoms with E-state index >= 15 is 0 Å². The second-order valence-electron chi connectivity index (χ2n) is 3.26. The average molecular weight is 228 g/mol. The Bertz CT molecular complexity index is 642. The number of aromatic amines is 1. The molecule has 0 spiro atoms. The lowest BCUT2D eigenvalue weighted by atomic mass is 10.1. The average Bonchev–Trinajstić information content (AvgIpc) is 2.39. The molecule has 6 heteroatoms. The number of nitrogens with one attached hydrogen (secondary N) is 1. The lowest BCUT2D eigenvalue weighted by molar-refractivity contribution is 0.271. The van der Waals surface area contributed by atoms with Crippen molar-refractivity contribution in [3.63, 3.8) is 0 Å². The van der Waals surface area contributed by atoms with Gasteiger partial charge < -0.3 is 10.1 Å². The number of aromatic nitrogens is 3. The van der Waals surface area contributed by atoms with Gasteiger partial charge in [0.2, 0.25) is 0 Å². The fraction of sp³-hybridized carbons (Fsp3) is 0.0909. The van der Waals surface area contributed by atoms with Crippen LogP contribution in [0.25, 0.3) is 11.3 Å². The summed E-state index contributed by atoms with van der Waals surface area (Å²) in [5.41, 5.74) is 0.717. The molecule has 0 radical (unpaired) electrons. The smallest absolute Gasteiger partial charge is 0.265 e. The molecule has 0 aliphatic heterocycles. The largest absolute Gasteiger partial charge is 0.388 e. The molecule has 6 nitrogen and oxygen atoms in total. The van der Waals surface area contributed by atoms with Crippen molar-refractivity contribution in [1.82, 2.24) is 15.0 Å². The maximum Gasteiger partial charge on any atom is 0.265 e. The van der Waals surface area contributed by atoms with E-state index in [4.69, 9.17) is 10.4 Å². The van der Waals surface area contributed by atoms with Crippen LogP contribution >= 0.6 is 0 Å². The van der Waals surface area contributed by atoms with Crippen LogP contribution in [-0.4, -0.2) is 20.1 Å². The third kappa shape index (κ3) is 2.19. The molecule has 0 bridgehead atoms. The fourth-order valence-electron chi connectivity index (χ4n) is 1.35. The highest BCUT2D eigenvalue weighted by Gasteiger charge is 2.05. The quantitative estimate of drug-likeness (QED) is 0.764. The molecule has 17 heavy (non-hydrogen) atoms. The molecule has 0 saturated heterocycles. The first-order valence-electron chi connectivity index (χ1n) is 4.80. The second kappa shape index (κ2) is 4.55. The number of H-pyrrole nitrogens is 1. The summed E-state index contributed by atoms with van der Waals surface area (Å²) in [6.07, 6.45) is 2.97. The third-order valence-electron chi connectivity index (χ3n) is 2.17. The van der Waals surface area contributed by atoms with Crippen LogP contribution in [-0.2, 0) is 6.61 Å². The van der Waals surface area contributed by atoms with Crippen LogP contribution in [0.5, 0.6) is 0 Å². The van der Waals surface area contributed by atoms with Crippen LogP contribution < -0.4 is 5.56 Å². The van der Waals surface area contributed by atoms with Crippen molar-refractivity contribution in [2.45, 2.75) is 6.61 Å². The van der Waals surface area contributed by atoms with Gasteiger partial charge in [-0.25, -0.2) is 9.97 Å². The number of hydrogen-bond acceptors (Lipinski definition) is 5. The maximum absolute atomic E-state index is 11.2. The lowest BCUT2D eigenvalue weighted by Crippen LogP contribution is -2.09. The van der Waals surface area contributed by atoms with E-state index in [-0.39, 0.29) is 18.0 Å². The SMILES string of the molecule is N#Cc1cc(-c2ccnc(CO)n2)c[nH]c1=O. The first-order chi connectivity index (χ1) is 8.24. The van der Waals surface area contributed by atoms with Crippen molar-refractivity contribution < 1.29 is 5.11 Å². The van der Waals surface area contributed by atoms with Crippen molar-refractivity contribution in [3.05, 3.63) is 46.3 Å². The van der Waals surface area contributed by atoms with E-state index in [0.717, 1.165) is 0 Å². The summed E-state index contributed by atoms with van der Waals surface area (Å²) < 4.78 is 0. The summed E-state index contributed by atoms with van der Waals surface area (Å²) in [5.74, 6) is 0.284. The fourth-order valence-corrected chi connectivity index (χ4v) is 1.35. The minimum absolute atomic E-state index is 0.0201. The summed E-state index contributed by atoms with van der Waals surface area (Å²) in [6.45, 7) is -0.262. The summed E-state index contributed by atoms with van der Waals surface area (Å²) in [5, 5.41) is 17.7. The van der Waals surface area contributed by atoms with Gasteiger partial charge in [0.15, 0.2) is 5.82 Å². The molecular weight excluding hydrogens is 220 g/mol. The Hall–Kier alpha value is -2.52. The van der Waals surface area contributed by atoms with Gasteiger partial charge in [0.05, 0.1) is 5.69 Å². The van der Waals surface area contributed by atoms with Gasteiger partial charge in [-0.2, -0.15) is 5.26 Å². The molecule has 0 aliphatic carbocycles. The molecule has 2 heterocycles. The van der Waals surface area contributed by atoms with E-state index in [1.165, 1.54) is 18.5 Å². The Kier molecular flexibility index (Phi) is 2.94. The third-order valence-corrected chi connectivity index (χ3v) is 2.17. The van der Waals surface area contributed by atoms with Gasteiger partial charge in [0, 0.05) is 18.0 Å². The van der Waals surface area contributed by atoms with E-state index in [2.05, 4.69) is 15.0 Å². The van der Waals surface area contributed by atoms with Crippen molar-refractivity contribution >= 4 is 0 Å². The molecule has 0 aliphatic rings. The van der Waals surface area contributed by atoms with Crippen molar-refractivity contribution in [2.24, 2.45) is 0 Å². The summed E-state index contributed by atoms with van der Waals surface area (Å²) in [4.78, 5) is 21.6. The Morgan fingerprint density at radius 3 is 3.06 bits per heavy atom. The molecule has 0 unspecified atom stereocenters. The first kappa shape index (κ1) is 11.0. The highest BCUT2D eigenvalue weighted by atomic mass is 16.3. The molecular formula is C11H8N4O2. The Labute approximate surface area is 96.2 Å². The molecule has 84 valence electrons. The van der Waals surface area contributed by atoms with Crippen LogP contribution in [0.4, 0.5) is 0 Å². The molecule has 2 rings (SSSR count). The van der Waals surface area contributed by atoms with Crippen molar-refractivity contribution in [2.75, 3.05) is 0 Å². The summed E-state index contributed by atoms with van der Waals surface area (Å²) >= 11 is 0. The van der Waals surface area contributed by atoms with E-state index in [1.807, 2.05) is 0 Å². The van der Waals surface area contributed by atoms with E-state index in [1.54, 1.807) is 12.1 Å². The molecule has 2 aromatic heterocycles. The van der Waals surface area contributed by atoms with Gasteiger partial charge >= 0.3 is 0 Å². The molecule has 0 atom stereocenters. The molecule has 0 fully saturated rings. The second-order valence-corrected chi connectivity index (χ2v) is 3.26. The van der Waals surface area contributed by atoms with E-state index in [9.17, 15) is 4.79 Å². The monoisotopic (exact) mass is 228 g/mol. The molecule has 2 aromatic rings. The van der Waals surface area contributed by atoms with Crippen LogP contribution in [0.15, 0.2) is 29.3 Å². The minimum Gasteiger partial charge on any atom is -0.388 e. The number of rotatable bonds is 2. The Balaban J connectivity index is 2.53. The number of nitriles is 1. The first-order valence-corrected chi connectivity index (χ1v) is 4.80. The predicted octanol–water partition coefficient (Wildman–Crippen LogP) is 0.196. The van der Waals surface area contributed by atoms with E-state index < -0.39 is 5.56 Å². The molecule has 0 aromatic carbocycles. The van der Waals surface area contributed by atoms with Gasteiger partial charge in [0.1, 0.15) is 18.2 Å². The predicted molar refractivity (Wildman–Crippen MR) is 58.7 cm³/mol. The number of aliphatic hydroxyl groups excluding tert-OH is 1. The zero-order chi connectivity index (χ0) is 12.3. The summed E-state index contributed by atoms with van der Waals surface area (Å²) in [7, 11) is 0. The van der Waals surface area contributed by atoms with Gasteiger partial charge in [-0.3, -0.25) is 4.79 Å². The Morgan fingerprint density at radius 1 is 1.53 bits per heavy atom.